The number of hydrogen-bond donors (Lipinski definition) is 2. The zero-order valence-corrected chi connectivity index (χ0v) is 19.0. The fraction of sp³-hybridized carbons (Fsp3) is 0.250. The Hall–Kier alpha value is -2.81. The summed E-state index contributed by atoms with van der Waals surface area (Å²) in [6, 6.07) is 13.3. The van der Waals surface area contributed by atoms with Crippen molar-refractivity contribution >= 4 is 32.9 Å². The molecule has 6 nitrogen and oxygen atoms in total. The number of aliphatic carboxylic acids is 1. The van der Waals surface area contributed by atoms with Gasteiger partial charge in [0.05, 0.1) is 0 Å². The quantitative estimate of drug-likeness (QED) is 0.457. The number of unbranched alkanes of at least 4 members (excludes halogenated alkanes) is 1. The van der Waals surface area contributed by atoms with E-state index in [0.717, 1.165) is 27.8 Å². The van der Waals surface area contributed by atoms with Gasteiger partial charge in [-0.3, -0.25) is 9.78 Å². The predicted octanol–water partition coefficient (Wildman–Crippen LogP) is 4.28. The molecule has 8 heteroatoms. The second-order valence-electron chi connectivity index (χ2n) is 7.79. The van der Waals surface area contributed by atoms with Crippen molar-refractivity contribution in [1.29, 1.82) is 0 Å². The first-order valence-electron chi connectivity index (χ1n) is 10.4. The van der Waals surface area contributed by atoms with Gasteiger partial charge < -0.3 is 5.11 Å². The third-order valence-corrected chi connectivity index (χ3v) is 8.37. The third-order valence-electron chi connectivity index (χ3n) is 5.45. The van der Waals surface area contributed by atoms with Gasteiger partial charge in [-0.05, 0) is 65.5 Å². The Labute approximate surface area is 191 Å². The number of aromatic nitrogens is 1. The van der Waals surface area contributed by atoms with Crippen LogP contribution in [-0.4, -0.2) is 30.5 Å². The van der Waals surface area contributed by atoms with Crippen molar-refractivity contribution < 1.29 is 18.3 Å². The van der Waals surface area contributed by atoms with E-state index in [1.807, 2.05) is 18.2 Å². The SMILES string of the molecule is O=C(O)CCCC=C(c1cccnc1)c1ccc2c(c1)CC(NS(=O)(=O)c1cccs1)C2. The summed E-state index contributed by atoms with van der Waals surface area (Å²) in [5, 5.41) is 10.7. The minimum Gasteiger partial charge on any atom is -0.481 e. The first kappa shape index (κ1) is 22.4. The average molecular weight is 469 g/mol. The molecule has 2 aromatic heterocycles. The molecule has 1 aliphatic carbocycles. The molecule has 1 unspecified atom stereocenters. The molecule has 1 aromatic carbocycles. The van der Waals surface area contributed by atoms with E-state index in [1.165, 1.54) is 11.3 Å². The Balaban J connectivity index is 1.54. The van der Waals surface area contributed by atoms with Crippen LogP contribution in [-0.2, 0) is 27.7 Å². The molecule has 1 aliphatic rings. The molecule has 0 bridgehead atoms. The lowest BCUT2D eigenvalue weighted by atomic mass is 9.95. The summed E-state index contributed by atoms with van der Waals surface area (Å²) in [7, 11) is -3.51. The number of hydrogen-bond acceptors (Lipinski definition) is 5. The molecule has 4 rings (SSSR count). The number of benzene rings is 1. The van der Waals surface area contributed by atoms with Gasteiger partial charge in [-0.15, -0.1) is 11.3 Å². The van der Waals surface area contributed by atoms with Gasteiger partial charge in [-0.25, -0.2) is 13.1 Å². The molecule has 166 valence electrons. The Morgan fingerprint density at radius 1 is 1.16 bits per heavy atom. The van der Waals surface area contributed by atoms with Crippen molar-refractivity contribution in [2.45, 2.75) is 42.4 Å². The summed E-state index contributed by atoms with van der Waals surface area (Å²) in [5.74, 6) is -0.796. The molecule has 0 radical (unpaired) electrons. The van der Waals surface area contributed by atoms with Crippen LogP contribution in [0.2, 0.25) is 0 Å². The van der Waals surface area contributed by atoms with Crippen molar-refractivity contribution in [3.63, 3.8) is 0 Å². The van der Waals surface area contributed by atoms with Gasteiger partial charge in [0.15, 0.2) is 0 Å². The molecule has 0 saturated heterocycles. The molecule has 3 aromatic rings. The first-order valence-corrected chi connectivity index (χ1v) is 12.8. The summed E-state index contributed by atoms with van der Waals surface area (Å²) in [6.45, 7) is 0. The Kier molecular flexibility index (Phi) is 6.83. The Morgan fingerprint density at radius 3 is 2.72 bits per heavy atom. The van der Waals surface area contributed by atoms with Gasteiger partial charge >= 0.3 is 5.97 Å². The maximum absolute atomic E-state index is 12.6. The summed E-state index contributed by atoms with van der Waals surface area (Å²) < 4.78 is 28.4. The average Bonchev–Trinajstić information content (AvgIpc) is 3.43. The number of fused-ring (bicyclic) bond motifs is 1. The van der Waals surface area contributed by atoms with Crippen LogP contribution in [0.15, 0.2) is 70.5 Å². The number of pyridine rings is 1. The van der Waals surface area contributed by atoms with Gasteiger partial charge in [0.25, 0.3) is 0 Å². The van der Waals surface area contributed by atoms with Crippen molar-refractivity contribution in [3.05, 3.63) is 88.6 Å². The number of thiophene rings is 1. The number of carboxylic acids is 1. The van der Waals surface area contributed by atoms with Gasteiger partial charge in [0, 0.05) is 30.4 Å². The van der Waals surface area contributed by atoms with Crippen molar-refractivity contribution in [1.82, 2.24) is 9.71 Å². The topological polar surface area (TPSA) is 96.4 Å². The lowest BCUT2D eigenvalue weighted by Gasteiger charge is -2.11. The number of rotatable bonds is 9. The minimum absolute atomic E-state index is 0.132. The summed E-state index contributed by atoms with van der Waals surface area (Å²) in [6.07, 6.45) is 8.22. The van der Waals surface area contributed by atoms with E-state index >= 15 is 0 Å². The molecule has 0 amide bonds. The van der Waals surface area contributed by atoms with Crippen molar-refractivity contribution in [3.8, 4) is 0 Å². The number of carboxylic acid groups (broad SMARTS) is 1. The maximum Gasteiger partial charge on any atom is 0.303 e. The van der Waals surface area contributed by atoms with Crippen LogP contribution in [0.3, 0.4) is 0 Å². The van der Waals surface area contributed by atoms with E-state index in [1.54, 1.807) is 29.9 Å². The molecule has 0 fully saturated rings. The van der Waals surface area contributed by atoms with Gasteiger partial charge in [-0.1, -0.05) is 36.4 Å². The van der Waals surface area contributed by atoms with Crippen LogP contribution in [0.5, 0.6) is 0 Å². The molecule has 0 spiro atoms. The van der Waals surface area contributed by atoms with E-state index in [0.29, 0.717) is 29.9 Å². The zero-order chi connectivity index (χ0) is 22.6. The predicted molar refractivity (Wildman–Crippen MR) is 125 cm³/mol. The second-order valence-corrected chi connectivity index (χ2v) is 10.7. The minimum atomic E-state index is -3.51. The molecule has 2 heterocycles. The highest BCUT2D eigenvalue weighted by atomic mass is 32.2. The number of nitrogens with zero attached hydrogens (tertiary/aromatic N) is 1. The van der Waals surface area contributed by atoms with E-state index in [-0.39, 0.29) is 12.5 Å². The van der Waals surface area contributed by atoms with E-state index in [2.05, 4.69) is 27.9 Å². The van der Waals surface area contributed by atoms with Crippen LogP contribution in [0.4, 0.5) is 0 Å². The lowest BCUT2D eigenvalue weighted by Crippen LogP contribution is -2.34. The van der Waals surface area contributed by atoms with E-state index < -0.39 is 16.0 Å². The first-order chi connectivity index (χ1) is 15.4. The number of sulfonamides is 1. The Bertz CT molecular complexity index is 1220. The lowest BCUT2D eigenvalue weighted by molar-refractivity contribution is -0.137. The van der Waals surface area contributed by atoms with Crippen molar-refractivity contribution in [2.75, 3.05) is 0 Å². The monoisotopic (exact) mass is 468 g/mol. The number of nitrogens with one attached hydrogen (secondary N) is 1. The molecule has 0 aliphatic heterocycles. The molecule has 2 N–H and O–H groups in total. The largest absolute Gasteiger partial charge is 0.481 e. The summed E-state index contributed by atoms with van der Waals surface area (Å²) in [5.41, 5.74) is 5.27. The zero-order valence-electron chi connectivity index (χ0n) is 17.4. The highest BCUT2D eigenvalue weighted by molar-refractivity contribution is 7.91. The van der Waals surface area contributed by atoms with Crippen LogP contribution in [0.25, 0.3) is 5.57 Å². The summed E-state index contributed by atoms with van der Waals surface area (Å²) >= 11 is 1.21. The van der Waals surface area contributed by atoms with E-state index in [9.17, 15) is 13.2 Å². The Morgan fingerprint density at radius 2 is 2.00 bits per heavy atom. The van der Waals surface area contributed by atoms with Crippen LogP contribution in [0.1, 0.15) is 41.5 Å². The van der Waals surface area contributed by atoms with Crippen LogP contribution >= 0.6 is 11.3 Å². The van der Waals surface area contributed by atoms with Gasteiger partial charge in [-0.2, -0.15) is 0 Å². The van der Waals surface area contributed by atoms with Gasteiger partial charge in [0.1, 0.15) is 4.21 Å². The third kappa shape index (κ3) is 5.32. The molecule has 1 atom stereocenters. The van der Waals surface area contributed by atoms with Crippen LogP contribution in [0, 0.1) is 0 Å². The second kappa shape index (κ2) is 9.77. The molecule has 0 saturated carbocycles. The molecule has 32 heavy (non-hydrogen) atoms. The smallest absolute Gasteiger partial charge is 0.303 e. The van der Waals surface area contributed by atoms with Crippen LogP contribution < -0.4 is 4.72 Å². The van der Waals surface area contributed by atoms with E-state index in [4.69, 9.17) is 5.11 Å². The normalized spacial score (nSPS) is 16.1. The standard InChI is InChI=1S/C24H24N2O4S2/c27-23(28)7-2-1-6-22(19-5-3-11-25-16-19)18-10-9-17-14-21(15-20(17)13-18)26-32(29,30)24-8-4-12-31-24/h3-6,8-13,16,21,26H,1-2,7,14-15H2,(H,27,28). The number of allylic oxidation sites excluding steroid dienone is 1. The summed E-state index contributed by atoms with van der Waals surface area (Å²) in [4.78, 5) is 15.1. The fourth-order valence-corrected chi connectivity index (χ4v) is 6.23. The highest BCUT2D eigenvalue weighted by Crippen LogP contribution is 2.30. The van der Waals surface area contributed by atoms with Gasteiger partial charge in [0.2, 0.25) is 10.0 Å². The molecular formula is C24H24N2O4S2. The fourth-order valence-electron chi connectivity index (χ4n) is 3.99. The molecular weight excluding hydrogens is 444 g/mol. The number of carbonyl (C=O) groups is 1. The highest BCUT2D eigenvalue weighted by Gasteiger charge is 2.27. The maximum atomic E-state index is 12.6. The van der Waals surface area contributed by atoms with Crippen molar-refractivity contribution in [2.24, 2.45) is 0 Å².